The maximum Gasteiger partial charge on any atom is 0.437 e. The molecule has 0 saturated heterocycles. The molecule has 1 N–H and O–H groups in total. The maximum atomic E-state index is 11.8. The average molecular weight is 346 g/mol. The Bertz CT molecular complexity index is 835. The summed E-state index contributed by atoms with van der Waals surface area (Å²) in [5.74, 6) is 1.07. The number of aliphatic hydroxyl groups excluding tert-OH is 1. The van der Waals surface area contributed by atoms with Crippen molar-refractivity contribution in [2.45, 2.75) is 19.6 Å². The number of benzene rings is 1. The van der Waals surface area contributed by atoms with Gasteiger partial charge in [-0.1, -0.05) is 0 Å². The van der Waals surface area contributed by atoms with Gasteiger partial charge in [-0.15, -0.1) is 5.10 Å². The summed E-state index contributed by atoms with van der Waals surface area (Å²) in [7, 11) is 0. The van der Waals surface area contributed by atoms with E-state index < -0.39 is 11.9 Å². The van der Waals surface area contributed by atoms with Gasteiger partial charge in [0.25, 0.3) is 5.89 Å². The van der Waals surface area contributed by atoms with E-state index >= 15 is 0 Å². The van der Waals surface area contributed by atoms with Crippen molar-refractivity contribution in [2.24, 2.45) is 0 Å². The molecule has 0 amide bonds. The van der Waals surface area contributed by atoms with Crippen molar-refractivity contribution >= 4 is 0 Å². The van der Waals surface area contributed by atoms with Crippen molar-refractivity contribution in [2.75, 3.05) is 13.2 Å². The van der Waals surface area contributed by atoms with Crippen molar-refractivity contribution in [3.8, 4) is 23.1 Å². The number of aliphatic hydroxyl groups is 1. The molecule has 1 atom stereocenters. The summed E-state index contributed by atoms with van der Waals surface area (Å²) >= 11 is 0. The van der Waals surface area contributed by atoms with Crippen LogP contribution in [0.2, 0.25) is 0 Å². The molecular formula is C17H18N2O6. The quantitative estimate of drug-likeness (QED) is 0.665. The molecule has 1 aromatic carbocycles. The van der Waals surface area contributed by atoms with Crippen molar-refractivity contribution in [3.63, 3.8) is 0 Å². The van der Waals surface area contributed by atoms with Gasteiger partial charge >= 0.3 is 5.76 Å². The number of hydrogen-bond acceptors (Lipinski definition) is 7. The standard InChI is InChI=1S/C17H18N2O6/c1-2-22-13-5-7-14(8-6-13)24-11-12(20)10-19-17(21)25-16(18-19)15-4-3-9-23-15/h3-9,12,20H,2,10-11H2,1H3/t12-/m1/s1. The van der Waals surface area contributed by atoms with Gasteiger partial charge in [0.2, 0.25) is 0 Å². The molecule has 0 aliphatic heterocycles. The molecule has 0 aliphatic rings. The second-order valence-electron chi connectivity index (χ2n) is 5.20. The summed E-state index contributed by atoms with van der Waals surface area (Å²) in [5, 5.41) is 14.0. The first-order valence-corrected chi connectivity index (χ1v) is 7.81. The van der Waals surface area contributed by atoms with Crippen molar-refractivity contribution in [3.05, 3.63) is 53.2 Å². The Morgan fingerprint density at radius 1 is 1.20 bits per heavy atom. The third-order valence-corrected chi connectivity index (χ3v) is 3.30. The second kappa shape index (κ2) is 7.71. The Morgan fingerprint density at radius 2 is 1.92 bits per heavy atom. The summed E-state index contributed by atoms with van der Waals surface area (Å²) in [4.78, 5) is 11.8. The molecule has 0 fully saturated rings. The number of ether oxygens (including phenoxy) is 2. The SMILES string of the molecule is CCOc1ccc(OC[C@H](O)Cn2nc(-c3ccco3)oc2=O)cc1. The zero-order chi connectivity index (χ0) is 17.6. The number of hydrogen-bond donors (Lipinski definition) is 1. The van der Waals surface area contributed by atoms with Gasteiger partial charge in [0.15, 0.2) is 5.76 Å². The number of furan rings is 1. The van der Waals surface area contributed by atoms with Gasteiger partial charge in [-0.25, -0.2) is 4.79 Å². The first kappa shape index (κ1) is 16.8. The molecule has 0 saturated carbocycles. The highest BCUT2D eigenvalue weighted by Crippen LogP contribution is 2.18. The summed E-state index contributed by atoms with van der Waals surface area (Å²) in [5.41, 5.74) is 0. The molecule has 0 radical (unpaired) electrons. The smallest absolute Gasteiger partial charge is 0.437 e. The van der Waals surface area contributed by atoms with Crippen LogP contribution in [-0.4, -0.2) is 34.2 Å². The fourth-order valence-electron chi connectivity index (χ4n) is 2.16. The second-order valence-corrected chi connectivity index (χ2v) is 5.20. The highest BCUT2D eigenvalue weighted by atomic mass is 16.5. The Morgan fingerprint density at radius 3 is 2.56 bits per heavy atom. The van der Waals surface area contributed by atoms with Gasteiger partial charge < -0.3 is 23.4 Å². The summed E-state index contributed by atoms with van der Waals surface area (Å²) in [6, 6.07) is 10.3. The van der Waals surface area contributed by atoms with E-state index in [1.54, 1.807) is 36.4 Å². The molecule has 0 aliphatic carbocycles. The summed E-state index contributed by atoms with van der Waals surface area (Å²) in [6.07, 6.45) is 0.521. The molecule has 3 aromatic rings. The number of rotatable bonds is 8. The Balaban J connectivity index is 1.56. The lowest BCUT2D eigenvalue weighted by Gasteiger charge is -2.12. The van der Waals surface area contributed by atoms with E-state index in [4.69, 9.17) is 18.3 Å². The normalized spacial score (nSPS) is 12.1. The lowest BCUT2D eigenvalue weighted by molar-refractivity contribution is 0.0875. The molecule has 132 valence electrons. The van der Waals surface area contributed by atoms with Crippen LogP contribution in [-0.2, 0) is 6.54 Å². The van der Waals surface area contributed by atoms with E-state index in [1.807, 2.05) is 6.92 Å². The van der Waals surface area contributed by atoms with Gasteiger partial charge in [0, 0.05) is 0 Å². The van der Waals surface area contributed by atoms with Crippen molar-refractivity contribution in [1.82, 2.24) is 9.78 Å². The van der Waals surface area contributed by atoms with Crippen LogP contribution in [0, 0.1) is 0 Å². The fourth-order valence-corrected chi connectivity index (χ4v) is 2.16. The van der Waals surface area contributed by atoms with Crippen LogP contribution in [0.25, 0.3) is 11.7 Å². The topological polar surface area (TPSA) is 99.9 Å². The predicted molar refractivity (Wildman–Crippen MR) is 87.6 cm³/mol. The average Bonchev–Trinajstić information content (AvgIpc) is 3.25. The zero-order valence-corrected chi connectivity index (χ0v) is 13.6. The summed E-state index contributed by atoms with van der Waals surface area (Å²) < 4.78 is 22.0. The van der Waals surface area contributed by atoms with Crippen LogP contribution in [0.3, 0.4) is 0 Å². The van der Waals surface area contributed by atoms with Crippen LogP contribution in [0.15, 0.2) is 56.3 Å². The molecular weight excluding hydrogens is 328 g/mol. The summed E-state index contributed by atoms with van der Waals surface area (Å²) in [6.45, 7) is 2.44. The van der Waals surface area contributed by atoms with E-state index in [2.05, 4.69) is 5.10 Å². The number of aromatic nitrogens is 2. The first-order chi connectivity index (χ1) is 12.2. The maximum absolute atomic E-state index is 11.8. The van der Waals surface area contributed by atoms with Crippen LogP contribution in [0.1, 0.15) is 6.92 Å². The van der Waals surface area contributed by atoms with Gasteiger partial charge in [-0.3, -0.25) is 0 Å². The van der Waals surface area contributed by atoms with Crippen LogP contribution in [0.5, 0.6) is 11.5 Å². The Kier molecular flexibility index (Phi) is 5.20. The third-order valence-electron chi connectivity index (χ3n) is 3.30. The lowest BCUT2D eigenvalue weighted by Crippen LogP contribution is -2.29. The van der Waals surface area contributed by atoms with E-state index in [9.17, 15) is 9.90 Å². The van der Waals surface area contributed by atoms with Crippen molar-refractivity contribution in [1.29, 1.82) is 0 Å². The van der Waals surface area contributed by atoms with E-state index in [0.29, 0.717) is 18.1 Å². The fraction of sp³-hybridized carbons (Fsp3) is 0.294. The minimum atomic E-state index is -0.932. The molecule has 8 heteroatoms. The molecule has 0 unspecified atom stereocenters. The minimum Gasteiger partial charge on any atom is -0.494 e. The highest BCUT2D eigenvalue weighted by molar-refractivity contribution is 5.42. The predicted octanol–water partition coefficient (Wildman–Crippen LogP) is 1.93. The van der Waals surface area contributed by atoms with Gasteiger partial charge in [-0.05, 0) is 43.3 Å². The molecule has 0 bridgehead atoms. The van der Waals surface area contributed by atoms with E-state index in [0.717, 1.165) is 10.4 Å². The first-order valence-electron chi connectivity index (χ1n) is 7.81. The molecule has 3 rings (SSSR count). The molecule has 25 heavy (non-hydrogen) atoms. The van der Waals surface area contributed by atoms with Crippen LogP contribution < -0.4 is 15.2 Å². The largest absolute Gasteiger partial charge is 0.494 e. The zero-order valence-electron chi connectivity index (χ0n) is 13.6. The molecule has 2 aromatic heterocycles. The Labute approximate surface area is 143 Å². The van der Waals surface area contributed by atoms with Crippen molar-refractivity contribution < 1.29 is 23.4 Å². The van der Waals surface area contributed by atoms with Gasteiger partial charge in [0.1, 0.15) is 24.2 Å². The molecule has 0 spiro atoms. The van der Waals surface area contributed by atoms with Crippen LogP contribution >= 0.6 is 0 Å². The van der Waals surface area contributed by atoms with Gasteiger partial charge in [0.05, 0.1) is 19.4 Å². The monoisotopic (exact) mass is 346 g/mol. The highest BCUT2D eigenvalue weighted by Gasteiger charge is 2.15. The Hall–Kier alpha value is -3.00. The van der Waals surface area contributed by atoms with E-state index in [1.165, 1.54) is 6.26 Å². The van der Waals surface area contributed by atoms with Gasteiger partial charge in [-0.2, -0.15) is 4.68 Å². The number of nitrogens with zero attached hydrogens (tertiary/aromatic N) is 2. The van der Waals surface area contributed by atoms with Crippen LogP contribution in [0.4, 0.5) is 0 Å². The van der Waals surface area contributed by atoms with E-state index in [-0.39, 0.29) is 19.0 Å². The minimum absolute atomic E-state index is 0.00334. The lowest BCUT2D eigenvalue weighted by atomic mass is 10.3. The third kappa shape index (κ3) is 4.30. The molecule has 2 heterocycles. The molecule has 8 nitrogen and oxygen atoms in total.